The molecule has 130 valence electrons. The van der Waals surface area contributed by atoms with Gasteiger partial charge in [-0.2, -0.15) is 0 Å². The summed E-state index contributed by atoms with van der Waals surface area (Å²) in [5.74, 6) is 0. The van der Waals surface area contributed by atoms with Crippen molar-refractivity contribution in [1.29, 1.82) is 0 Å². The topological polar surface area (TPSA) is 45.2 Å². The van der Waals surface area contributed by atoms with Gasteiger partial charge in [0.2, 0.25) is 0 Å². The Morgan fingerprint density at radius 3 is 2.46 bits per heavy atom. The van der Waals surface area contributed by atoms with Gasteiger partial charge in [0.25, 0.3) is 0 Å². The number of benzene rings is 2. The van der Waals surface area contributed by atoms with Crippen LogP contribution in [0.5, 0.6) is 0 Å². The van der Waals surface area contributed by atoms with E-state index in [-0.39, 0.29) is 12.1 Å². The lowest BCUT2D eigenvalue weighted by atomic mass is 9.95. The number of pyridine rings is 1. The van der Waals surface area contributed by atoms with Gasteiger partial charge in [-0.1, -0.05) is 42.5 Å². The van der Waals surface area contributed by atoms with E-state index >= 15 is 0 Å². The fourth-order valence-electron chi connectivity index (χ4n) is 3.40. The van der Waals surface area contributed by atoms with Gasteiger partial charge in [0.15, 0.2) is 0 Å². The molecule has 1 atom stereocenters. The summed E-state index contributed by atoms with van der Waals surface area (Å²) >= 11 is 0. The maximum atomic E-state index is 12.7. The van der Waals surface area contributed by atoms with E-state index in [1.165, 1.54) is 11.1 Å². The second-order valence-corrected chi connectivity index (χ2v) is 6.67. The molecule has 0 saturated carbocycles. The molecule has 2 heterocycles. The summed E-state index contributed by atoms with van der Waals surface area (Å²) in [5, 5.41) is 3.02. The van der Waals surface area contributed by atoms with Crippen LogP contribution in [-0.2, 0) is 13.0 Å². The van der Waals surface area contributed by atoms with E-state index in [0.717, 1.165) is 23.4 Å². The Morgan fingerprint density at radius 1 is 1.00 bits per heavy atom. The summed E-state index contributed by atoms with van der Waals surface area (Å²) in [6, 6.07) is 22.1. The van der Waals surface area contributed by atoms with Crippen molar-refractivity contribution in [3.63, 3.8) is 0 Å². The monoisotopic (exact) mass is 343 g/mol. The lowest BCUT2D eigenvalue weighted by Crippen LogP contribution is -2.44. The number of carbonyl (C=O) groups is 1. The summed E-state index contributed by atoms with van der Waals surface area (Å²) in [5.41, 5.74) is 5.31. The number of amides is 2. The van der Waals surface area contributed by atoms with Crippen LogP contribution < -0.4 is 5.32 Å². The first-order valence-corrected chi connectivity index (χ1v) is 8.86. The fraction of sp³-hybridized carbons (Fsp3) is 0.182. The molecule has 4 heteroatoms. The molecule has 4 nitrogen and oxygen atoms in total. The van der Waals surface area contributed by atoms with Crippen molar-refractivity contribution < 1.29 is 4.79 Å². The maximum absolute atomic E-state index is 12.7. The van der Waals surface area contributed by atoms with Gasteiger partial charge in [-0.15, -0.1) is 0 Å². The highest BCUT2D eigenvalue weighted by atomic mass is 16.2. The minimum absolute atomic E-state index is 0.0578. The van der Waals surface area contributed by atoms with E-state index in [0.29, 0.717) is 6.54 Å². The SMILES string of the molecule is CC1Cc2ccccc2CN1C(=O)Nc1ccc(-c2ccccn2)cc1. The third kappa shape index (κ3) is 3.31. The number of carbonyl (C=O) groups excluding carboxylic acids is 1. The van der Waals surface area contributed by atoms with Crippen LogP contribution in [0.4, 0.5) is 10.5 Å². The molecule has 3 aromatic rings. The van der Waals surface area contributed by atoms with Gasteiger partial charge in [0, 0.05) is 30.0 Å². The van der Waals surface area contributed by atoms with Crippen molar-refractivity contribution in [2.75, 3.05) is 5.32 Å². The Labute approximate surface area is 153 Å². The lowest BCUT2D eigenvalue weighted by Gasteiger charge is -2.34. The smallest absolute Gasteiger partial charge is 0.317 e. The molecule has 1 aliphatic rings. The Balaban J connectivity index is 1.47. The van der Waals surface area contributed by atoms with E-state index in [2.05, 4.69) is 35.4 Å². The zero-order valence-corrected chi connectivity index (χ0v) is 14.7. The van der Waals surface area contributed by atoms with E-state index in [9.17, 15) is 4.79 Å². The van der Waals surface area contributed by atoms with Crippen LogP contribution in [0.1, 0.15) is 18.1 Å². The Morgan fingerprint density at radius 2 is 1.73 bits per heavy atom. The maximum Gasteiger partial charge on any atom is 0.322 e. The van der Waals surface area contributed by atoms with Crippen molar-refractivity contribution >= 4 is 11.7 Å². The van der Waals surface area contributed by atoms with Gasteiger partial charge >= 0.3 is 6.03 Å². The Hall–Kier alpha value is -3.14. The quantitative estimate of drug-likeness (QED) is 0.731. The fourth-order valence-corrected chi connectivity index (χ4v) is 3.40. The molecule has 1 N–H and O–H groups in total. The van der Waals surface area contributed by atoms with Gasteiger partial charge in [0.1, 0.15) is 0 Å². The number of nitrogens with zero attached hydrogens (tertiary/aromatic N) is 2. The first-order chi connectivity index (χ1) is 12.7. The largest absolute Gasteiger partial charge is 0.322 e. The van der Waals surface area contributed by atoms with Crippen LogP contribution in [0.15, 0.2) is 72.9 Å². The predicted molar refractivity (Wildman–Crippen MR) is 104 cm³/mol. The van der Waals surface area contributed by atoms with Gasteiger partial charge in [0.05, 0.1) is 5.69 Å². The van der Waals surface area contributed by atoms with Gasteiger partial charge in [-0.3, -0.25) is 4.98 Å². The van der Waals surface area contributed by atoms with Crippen LogP contribution in [0, 0.1) is 0 Å². The third-order valence-corrected chi connectivity index (χ3v) is 4.86. The molecule has 0 spiro atoms. The highest BCUT2D eigenvalue weighted by molar-refractivity contribution is 5.90. The Bertz CT molecular complexity index is 906. The van der Waals surface area contributed by atoms with Gasteiger partial charge < -0.3 is 10.2 Å². The zero-order valence-electron chi connectivity index (χ0n) is 14.7. The molecule has 0 aliphatic carbocycles. The molecule has 2 amide bonds. The highest BCUT2D eigenvalue weighted by Gasteiger charge is 2.26. The normalized spacial score (nSPS) is 16.0. The standard InChI is InChI=1S/C22H21N3O/c1-16-14-18-6-2-3-7-19(18)15-25(16)22(26)24-20-11-9-17(10-12-20)21-8-4-5-13-23-21/h2-13,16H,14-15H2,1H3,(H,24,26). The summed E-state index contributed by atoms with van der Waals surface area (Å²) in [4.78, 5) is 19.0. The van der Waals surface area contributed by atoms with Crippen LogP contribution in [0.3, 0.4) is 0 Å². The number of nitrogens with one attached hydrogen (secondary N) is 1. The van der Waals surface area contributed by atoms with E-state index in [4.69, 9.17) is 0 Å². The molecule has 0 fully saturated rings. The third-order valence-electron chi connectivity index (χ3n) is 4.86. The van der Waals surface area contributed by atoms with E-state index in [1.54, 1.807) is 6.20 Å². The van der Waals surface area contributed by atoms with Crippen molar-refractivity contribution in [2.24, 2.45) is 0 Å². The molecule has 26 heavy (non-hydrogen) atoms. The molecule has 0 saturated heterocycles. The van der Waals surface area contributed by atoms with Gasteiger partial charge in [-0.05, 0) is 48.7 Å². The van der Waals surface area contributed by atoms with Crippen LogP contribution >= 0.6 is 0 Å². The average molecular weight is 343 g/mol. The van der Waals surface area contributed by atoms with Crippen LogP contribution in [0.2, 0.25) is 0 Å². The molecule has 1 unspecified atom stereocenters. The second kappa shape index (κ2) is 7.00. The summed E-state index contributed by atoms with van der Waals surface area (Å²) in [6.07, 6.45) is 2.67. The first-order valence-electron chi connectivity index (χ1n) is 8.86. The number of fused-ring (bicyclic) bond motifs is 1. The highest BCUT2D eigenvalue weighted by Crippen LogP contribution is 2.24. The lowest BCUT2D eigenvalue weighted by molar-refractivity contribution is 0.182. The summed E-state index contributed by atoms with van der Waals surface area (Å²) < 4.78 is 0. The summed E-state index contributed by atoms with van der Waals surface area (Å²) in [7, 11) is 0. The molecule has 0 bridgehead atoms. The number of urea groups is 1. The number of hydrogen-bond acceptors (Lipinski definition) is 2. The molecule has 0 radical (unpaired) electrons. The minimum atomic E-state index is -0.0578. The average Bonchev–Trinajstić information content (AvgIpc) is 2.68. The number of hydrogen-bond donors (Lipinski definition) is 1. The van der Waals surface area contributed by atoms with Crippen molar-refractivity contribution in [1.82, 2.24) is 9.88 Å². The number of anilines is 1. The van der Waals surface area contributed by atoms with Crippen molar-refractivity contribution in [2.45, 2.75) is 25.9 Å². The second-order valence-electron chi connectivity index (χ2n) is 6.67. The molecular formula is C22H21N3O. The minimum Gasteiger partial charge on any atom is -0.317 e. The van der Waals surface area contributed by atoms with E-state index in [1.807, 2.05) is 53.4 Å². The summed E-state index contributed by atoms with van der Waals surface area (Å²) in [6.45, 7) is 2.74. The van der Waals surface area contributed by atoms with Crippen LogP contribution in [0.25, 0.3) is 11.3 Å². The number of rotatable bonds is 2. The molecule has 4 rings (SSSR count). The molecular weight excluding hydrogens is 322 g/mol. The number of aromatic nitrogens is 1. The van der Waals surface area contributed by atoms with E-state index < -0.39 is 0 Å². The van der Waals surface area contributed by atoms with Crippen molar-refractivity contribution in [3.05, 3.63) is 84.1 Å². The Kier molecular flexibility index (Phi) is 4.40. The van der Waals surface area contributed by atoms with Crippen molar-refractivity contribution in [3.8, 4) is 11.3 Å². The van der Waals surface area contributed by atoms with Gasteiger partial charge in [-0.25, -0.2) is 4.79 Å². The first kappa shape index (κ1) is 16.3. The van der Waals surface area contributed by atoms with Crippen LogP contribution in [-0.4, -0.2) is 22.0 Å². The molecule has 1 aliphatic heterocycles. The zero-order chi connectivity index (χ0) is 17.9. The molecule has 2 aromatic carbocycles. The predicted octanol–water partition coefficient (Wildman–Crippen LogP) is 4.73. The molecule has 1 aromatic heterocycles.